The molecule has 0 fully saturated rings. The molecule has 0 amide bonds. The van der Waals surface area contributed by atoms with Gasteiger partial charge in [0.15, 0.2) is 10.5 Å². The summed E-state index contributed by atoms with van der Waals surface area (Å²) >= 11 is 0. The normalized spacial score (nSPS) is 11.0. The summed E-state index contributed by atoms with van der Waals surface area (Å²) in [4.78, 5) is 2.92. The van der Waals surface area contributed by atoms with Crippen molar-refractivity contribution in [3.63, 3.8) is 0 Å². The average molecular weight is 402 g/mol. The van der Waals surface area contributed by atoms with Crippen molar-refractivity contribution in [3.05, 3.63) is 87.6 Å². The van der Waals surface area contributed by atoms with Gasteiger partial charge in [-0.1, -0.05) is 47.6 Å². The number of diazo groups is 1. The van der Waals surface area contributed by atoms with Crippen LogP contribution in [0.25, 0.3) is 48.8 Å². The van der Waals surface area contributed by atoms with Crippen molar-refractivity contribution in [2.24, 2.45) is 10.2 Å². The van der Waals surface area contributed by atoms with Crippen molar-refractivity contribution in [2.75, 3.05) is 0 Å². The summed E-state index contributed by atoms with van der Waals surface area (Å²) in [5.41, 5.74) is 13.5. The molecule has 142 valence electrons. The van der Waals surface area contributed by atoms with Crippen LogP contribution in [-0.4, -0.2) is 4.57 Å². The zero-order valence-corrected chi connectivity index (χ0v) is 16.3. The van der Waals surface area contributed by atoms with E-state index in [4.69, 9.17) is 10.9 Å². The molecule has 0 atom stereocenters. The molecule has 0 aromatic heterocycles. The van der Waals surface area contributed by atoms with Crippen LogP contribution in [0.3, 0.4) is 0 Å². The molecule has 1 heterocycles. The summed E-state index contributed by atoms with van der Waals surface area (Å²) in [7, 11) is 0. The summed E-state index contributed by atoms with van der Waals surface area (Å²) < 4.78 is 2.20. The highest BCUT2D eigenvalue weighted by molar-refractivity contribution is 6.05. The second-order valence-electron chi connectivity index (χ2n) is 6.27. The van der Waals surface area contributed by atoms with Crippen LogP contribution in [0.15, 0.2) is 76.9 Å². The SMILES string of the molecule is CCn1c2cc(=N[N+]#N)ccc-2c2ccc(N=[N+]=[N-])cc2c1-c1ccccc1.[Cl-]. The summed E-state index contributed by atoms with van der Waals surface area (Å²) in [5, 5.41) is 21.9. The number of rotatable bonds is 3. The number of benzene rings is 3. The molecule has 0 bridgehead atoms. The average Bonchev–Trinajstić information content (AvgIpc) is 2.73. The molecule has 2 aliphatic rings. The minimum absolute atomic E-state index is 0. The van der Waals surface area contributed by atoms with E-state index in [1.807, 2.05) is 54.6 Å². The van der Waals surface area contributed by atoms with Crippen molar-refractivity contribution in [1.82, 2.24) is 4.57 Å². The molecule has 2 aromatic carbocycles. The van der Waals surface area contributed by atoms with Gasteiger partial charge in [-0.05, 0) is 47.7 Å². The minimum Gasteiger partial charge on any atom is -1.00 e. The fourth-order valence-corrected chi connectivity index (χ4v) is 3.66. The van der Waals surface area contributed by atoms with E-state index < -0.39 is 0 Å². The summed E-state index contributed by atoms with van der Waals surface area (Å²) in [6.45, 7) is 2.80. The Balaban J connectivity index is 0.00000240. The zero-order chi connectivity index (χ0) is 19.5. The van der Waals surface area contributed by atoms with Gasteiger partial charge in [-0.25, -0.2) is 0 Å². The first-order valence-corrected chi connectivity index (χ1v) is 8.85. The Kier molecular flexibility index (Phi) is 5.79. The van der Waals surface area contributed by atoms with Gasteiger partial charge in [0.25, 0.3) is 5.39 Å². The van der Waals surface area contributed by atoms with Crippen molar-refractivity contribution < 1.29 is 12.4 Å². The Morgan fingerprint density at radius 3 is 2.48 bits per heavy atom. The van der Waals surface area contributed by atoms with Crippen molar-refractivity contribution >= 4 is 16.5 Å². The Bertz CT molecular complexity index is 1310. The van der Waals surface area contributed by atoms with Crippen LogP contribution in [0, 0.1) is 5.39 Å². The molecule has 0 saturated carbocycles. The topological polar surface area (TPSA) is 94.2 Å². The monoisotopic (exact) mass is 401 g/mol. The largest absolute Gasteiger partial charge is 1.00 e. The Morgan fingerprint density at radius 1 is 1.00 bits per heavy atom. The highest BCUT2D eigenvalue weighted by Gasteiger charge is 2.18. The standard InChI is InChI=1S/C21H16N7.ClH/c1-2-28-20-13-16(25-27-23)9-11-18(20)17-10-8-15(24-26-22)12-19(17)21(28)14-6-4-3-5-7-14;/h3-13H,2H2,1H3;1H/q+1;/p-1. The van der Waals surface area contributed by atoms with Gasteiger partial charge in [0, 0.05) is 28.1 Å². The third kappa shape index (κ3) is 3.50. The number of fused-ring (bicyclic) bond motifs is 3. The lowest BCUT2D eigenvalue weighted by Gasteiger charge is -2.23. The zero-order valence-electron chi connectivity index (χ0n) is 15.6. The second kappa shape index (κ2) is 8.44. The number of hydrogen-bond acceptors (Lipinski definition) is 3. The number of hydrogen-bond donors (Lipinski definition) is 0. The van der Waals surface area contributed by atoms with Gasteiger partial charge in [0.1, 0.15) is 0 Å². The van der Waals surface area contributed by atoms with E-state index >= 15 is 0 Å². The fraction of sp³-hybridized carbons (Fsp3) is 0.0952. The van der Waals surface area contributed by atoms with E-state index in [-0.39, 0.29) is 12.4 Å². The van der Waals surface area contributed by atoms with Gasteiger partial charge < -0.3 is 17.0 Å². The smallest absolute Gasteiger partial charge is 0.339 e. The summed E-state index contributed by atoms with van der Waals surface area (Å²) in [6.07, 6.45) is 0. The van der Waals surface area contributed by atoms with Crippen LogP contribution in [0.2, 0.25) is 0 Å². The summed E-state index contributed by atoms with van der Waals surface area (Å²) in [6, 6.07) is 21.5. The maximum Gasteiger partial charge on any atom is 0.339 e. The first kappa shape index (κ1) is 19.9. The van der Waals surface area contributed by atoms with E-state index in [1.54, 1.807) is 0 Å². The van der Waals surface area contributed by atoms with Gasteiger partial charge in [0.05, 0.1) is 11.4 Å². The van der Waals surface area contributed by atoms with Crippen LogP contribution in [0.4, 0.5) is 5.69 Å². The fourth-order valence-electron chi connectivity index (χ4n) is 3.66. The molecule has 7 nitrogen and oxygen atoms in total. The first-order chi connectivity index (χ1) is 13.8. The molecular weight excluding hydrogens is 386 g/mol. The van der Waals surface area contributed by atoms with E-state index in [0.29, 0.717) is 11.0 Å². The van der Waals surface area contributed by atoms with Crippen molar-refractivity contribution in [1.29, 1.82) is 5.39 Å². The number of pyridine rings is 1. The van der Waals surface area contributed by atoms with Crippen LogP contribution in [-0.2, 0) is 6.54 Å². The first-order valence-electron chi connectivity index (χ1n) is 8.85. The maximum absolute atomic E-state index is 8.85. The van der Waals surface area contributed by atoms with Gasteiger partial charge >= 0.3 is 5.08 Å². The number of halogens is 1. The van der Waals surface area contributed by atoms with Gasteiger partial charge in [-0.15, -0.1) is 0 Å². The molecule has 0 N–H and O–H groups in total. The molecular formula is C21H16ClN7. The van der Waals surface area contributed by atoms with Crippen LogP contribution in [0.5, 0.6) is 0 Å². The molecule has 0 saturated heterocycles. The predicted octanol–water partition coefficient (Wildman–Crippen LogP) is 3.05. The molecule has 4 rings (SSSR count). The van der Waals surface area contributed by atoms with Crippen LogP contribution < -0.4 is 17.8 Å². The summed E-state index contributed by atoms with van der Waals surface area (Å²) in [5.74, 6) is 0. The Labute approximate surface area is 172 Å². The minimum atomic E-state index is 0. The number of aromatic nitrogens is 1. The molecule has 0 spiro atoms. The van der Waals surface area contributed by atoms with Crippen LogP contribution in [0.1, 0.15) is 6.92 Å². The van der Waals surface area contributed by atoms with Gasteiger partial charge in [-0.3, -0.25) is 0 Å². The number of azide groups is 1. The third-order valence-electron chi connectivity index (χ3n) is 4.77. The lowest BCUT2D eigenvalue weighted by atomic mass is 9.95. The van der Waals surface area contributed by atoms with Crippen molar-refractivity contribution in [2.45, 2.75) is 13.5 Å². The molecule has 1 aliphatic heterocycles. The third-order valence-corrected chi connectivity index (χ3v) is 4.77. The van der Waals surface area contributed by atoms with Crippen LogP contribution >= 0.6 is 0 Å². The lowest BCUT2D eigenvalue weighted by Crippen LogP contribution is -3.00. The van der Waals surface area contributed by atoms with Gasteiger partial charge in [0.2, 0.25) is 0 Å². The highest BCUT2D eigenvalue weighted by Crippen LogP contribution is 2.39. The van der Waals surface area contributed by atoms with E-state index in [9.17, 15) is 0 Å². The van der Waals surface area contributed by atoms with E-state index in [2.05, 4.69) is 43.8 Å². The number of nitrogens with zero attached hydrogens (tertiary/aromatic N) is 7. The van der Waals surface area contributed by atoms with Gasteiger partial charge in [-0.2, -0.15) is 0 Å². The predicted molar refractivity (Wildman–Crippen MR) is 109 cm³/mol. The molecule has 0 unspecified atom stereocenters. The molecule has 29 heavy (non-hydrogen) atoms. The molecule has 8 heteroatoms. The maximum atomic E-state index is 8.85. The Hall–Kier alpha value is -3.85. The molecule has 2 aromatic rings. The van der Waals surface area contributed by atoms with E-state index in [1.165, 1.54) is 0 Å². The van der Waals surface area contributed by atoms with E-state index in [0.717, 1.165) is 39.8 Å². The van der Waals surface area contributed by atoms with Crippen molar-refractivity contribution in [3.8, 4) is 22.5 Å². The highest BCUT2D eigenvalue weighted by atomic mass is 35.5. The quantitative estimate of drug-likeness (QED) is 0.129. The lowest BCUT2D eigenvalue weighted by molar-refractivity contribution is -0.00000588. The molecule has 0 radical (unpaired) electrons. The Morgan fingerprint density at radius 2 is 1.79 bits per heavy atom. The second-order valence-corrected chi connectivity index (χ2v) is 6.27. The molecule has 1 aliphatic carbocycles.